The van der Waals surface area contributed by atoms with E-state index in [0.29, 0.717) is 4.83 Å². The first-order chi connectivity index (χ1) is 16.4. The summed E-state index contributed by atoms with van der Waals surface area (Å²) in [5.74, 6) is -4.59. The maximum absolute atomic E-state index is 15.6. The number of aromatic nitrogens is 2. The molecule has 5 rings (SSSR count). The molecular formula is C22H29FN4O7S. The van der Waals surface area contributed by atoms with Crippen molar-refractivity contribution in [3.05, 3.63) is 32.5 Å². The fourth-order valence-electron chi connectivity index (χ4n) is 4.87. The number of methoxy groups -OCH3 is 1. The smallest absolute Gasteiger partial charge is 0.271 e. The van der Waals surface area contributed by atoms with Crippen molar-refractivity contribution in [2.24, 2.45) is 11.7 Å². The first-order valence-electron chi connectivity index (χ1n) is 11.0. The Kier molecular flexibility index (Phi) is 6.23. The van der Waals surface area contributed by atoms with Crippen LogP contribution in [0.4, 0.5) is 10.1 Å². The molecule has 1 saturated heterocycles. The van der Waals surface area contributed by atoms with Crippen LogP contribution in [-0.2, 0) is 0 Å². The summed E-state index contributed by atoms with van der Waals surface area (Å²) in [6.07, 6.45) is -0.315. The van der Waals surface area contributed by atoms with E-state index < -0.39 is 46.1 Å². The normalized spacial score (nSPS) is 21.9. The Labute approximate surface area is 202 Å². The van der Waals surface area contributed by atoms with Crippen LogP contribution in [0.3, 0.4) is 0 Å². The minimum atomic E-state index is -2.63. The van der Waals surface area contributed by atoms with Crippen molar-refractivity contribution >= 4 is 38.3 Å². The number of rotatable bonds is 4. The molecule has 2 aromatic heterocycles. The Bertz CT molecular complexity index is 1400. The van der Waals surface area contributed by atoms with E-state index in [1.807, 2.05) is 0 Å². The summed E-state index contributed by atoms with van der Waals surface area (Å²) in [6.45, 7) is 3.26. The predicted molar refractivity (Wildman–Crippen MR) is 129 cm³/mol. The molecule has 0 bridgehead atoms. The minimum absolute atomic E-state index is 0.0403. The van der Waals surface area contributed by atoms with Gasteiger partial charge >= 0.3 is 0 Å². The third-order valence-corrected chi connectivity index (χ3v) is 7.49. The zero-order valence-electron chi connectivity index (χ0n) is 19.7. The Morgan fingerprint density at radius 2 is 1.91 bits per heavy atom. The number of fused-ring (bicyclic) bond motifs is 2. The first kappa shape index (κ1) is 25.5. The second-order valence-corrected chi connectivity index (χ2v) is 10.3. The van der Waals surface area contributed by atoms with Gasteiger partial charge in [0, 0.05) is 31.0 Å². The van der Waals surface area contributed by atoms with Gasteiger partial charge in [-0.15, -0.1) is 0 Å². The number of hydrogen-bond acceptors (Lipinski definition) is 10. The average Bonchev–Trinajstić information content (AvgIpc) is 3.50. The highest BCUT2D eigenvalue weighted by Gasteiger charge is 2.55. The highest BCUT2D eigenvalue weighted by Crippen LogP contribution is 2.50. The Morgan fingerprint density at radius 1 is 1.29 bits per heavy atom. The molecule has 0 radical (unpaired) electrons. The van der Waals surface area contributed by atoms with Crippen molar-refractivity contribution in [1.29, 1.82) is 0 Å². The van der Waals surface area contributed by atoms with Gasteiger partial charge in [0.2, 0.25) is 11.3 Å². The molecule has 7 N–H and O–H groups in total. The molecule has 2 fully saturated rings. The molecule has 13 heteroatoms. The molecule has 1 aromatic carbocycles. The summed E-state index contributed by atoms with van der Waals surface area (Å²) in [6, 6.07) is 0.913. The molecule has 35 heavy (non-hydrogen) atoms. The van der Waals surface area contributed by atoms with Gasteiger partial charge in [-0.05, 0) is 44.3 Å². The number of hydrogen-bond donors (Lipinski definition) is 6. The van der Waals surface area contributed by atoms with Gasteiger partial charge in [0.25, 0.3) is 5.56 Å². The van der Waals surface area contributed by atoms with E-state index in [1.54, 1.807) is 18.4 Å². The number of ether oxygens (including phenoxy) is 1. The molecule has 2 atom stereocenters. The number of nitrogens with one attached hydrogen (secondary N) is 1. The maximum atomic E-state index is 15.6. The lowest BCUT2D eigenvalue weighted by Gasteiger charge is -2.35. The van der Waals surface area contributed by atoms with Gasteiger partial charge in [-0.2, -0.15) is 0 Å². The lowest BCUT2D eigenvalue weighted by Crippen LogP contribution is -2.50. The number of nitrogens with zero attached hydrogens (tertiary/aromatic N) is 2. The zero-order chi connectivity index (χ0) is 26.0. The largest absolute Gasteiger partial charge is 0.492 e. The number of aliphatic hydroxyl groups is 4. The van der Waals surface area contributed by atoms with Crippen LogP contribution in [0.1, 0.15) is 39.2 Å². The number of anilines is 1. The van der Waals surface area contributed by atoms with E-state index in [4.69, 9.17) is 15.6 Å². The average molecular weight is 513 g/mol. The van der Waals surface area contributed by atoms with Crippen LogP contribution in [-0.4, -0.2) is 61.3 Å². The van der Waals surface area contributed by atoms with Gasteiger partial charge in [0.15, 0.2) is 11.6 Å². The van der Waals surface area contributed by atoms with Crippen molar-refractivity contribution in [2.45, 2.75) is 56.8 Å². The topological polar surface area (TPSA) is 174 Å². The number of H-pyrrole nitrogens is 1. The molecule has 2 unspecified atom stereocenters. The second-order valence-electron chi connectivity index (χ2n) is 9.47. The molecule has 2 aliphatic rings. The zero-order valence-corrected chi connectivity index (χ0v) is 20.5. The van der Waals surface area contributed by atoms with Crippen LogP contribution in [0.5, 0.6) is 5.75 Å². The van der Waals surface area contributed by atoms with Crippen LogP contribution >= 0.6 is 11.5 Å². The van der Waals surface area contributed by atoms with Gasteiger partial charge in [-0.3, -0.25) is 18.9 Å². The van der Waals surface area contributed by atoms with Crippen LogP contribution < -0.4 is 26.4 Å². The molecule has 0 amide bonds. The standard InChI is InChI=1S/C21H25FN4O6S.CH4O/c1-20(2,23)10-7-21(30,31)26(18(10)29)14-11(22)6-9-13(16(14)32-3)25(8-4-5-8)19-12(15(9)27)17(28)24-33-19;1-2/h6,8,10,18,29-31H,4-5,7,23H2,1-3H3,(H,24,28);2H,1H3. The quantitative estimate of drug-likeness (QED) is 0.272. The number of halogens is 1. The number of aromatic amines is 1. The summed E-state index contributed by atoms with van der Waals surface area (Å²) in [5, 5.41) is 39.4. The number of benzene rings is 1. The van der Waals surface area contributed by atoms with Crippen LogP contribution in [0.2, 0.25) is 0 Å². The van der Waals surface area contributed by atoms with Crippen LogP contribution in [0.25, 0.3) is 21.1 Å². The molecule has 192 valence electrons. The third-order valence-electron chi connectivity index (χ3n) is 6.61. The van der Waals surface area contributed by atoms with Crippen molar-refractivity contribution in [2.75, 3.05) is 19.1 Å². The molecule has 11 nitrogen and oxygen atoms in total. The van der Waals surface area contributed by atoms with Gasteiger partial charge in [0.05, 0.1) is 18.0 Å². The van der Waals surface area contributed by atoms with Gasteiger partial charge in [-0.25, -0.2) is 4.39 Å². The van der Waals surface area contributed by atoms with E-state index in [0.717, 1.165) is 42.5 Å². The number of aliphatic hydroxyl groups excluding tert-OH is 2. The highest BCUT2D eigenvalue weighted by molar-refractivity contribution is 7.12. The predicted octanol–water partition coefficient (Wildman–Crippen LogP) is 0.516. The first-order valence-corrected chi connectivity index (χ1v) is 11.8. The van der Waals surface area contributed by atoms with E-state index >= 15 is 4.39 Å². The highest BCUT2D eigenvalue weighted by atomic mass is 32.1. The molecule has 1 aliphatic heterocycles. The SMILES string of the molecule is CO.COc1c(N2C(O)C(C(C)(C)N)CC2(O)O)c(F)cc2c(=O)c3c(=O)[nH]sc3n(C3CC3)c12. The van der Waals surface area contributed by atoms with Crippen molar-refractivity contribution in [1.82, 2.24) is 8.94 Å². The van der Waals surface area contributed by atoms with Crippen molar-refractivity contribution in [3.8, 4) is 5.75 Å². The summed E-state index contributed by atoms with van der Waals surface area (Å²) >= 11 is 1.00. The van der Waals surface area contributed by atoms with Crippen molar-refractivity contribution < 1.29 is 29.6 Å². The molecule has 3 heterocycles. The summed E-state index contributed by atoms with van der Waals surface area (Å²) in [4.78, 5) is 26.6. The number of nitrogens with two attached hydrogens (primary N) is 1. The Hall–Kier alpha value is -2.55. The van der Waals surface area contributed by atoms with E-state index in [9.17, 15) is 24.9 Å². The Balaban J connectivity index is 0.00000141. The molecule has 3 aromatic rings. The van der Waals surface area contributed by atoms with Crippen molar-refractivity contribution in [3.63, 3.8) is 0 Å². The molecule has 1 saturated carbocycles. The lowest BCUT2D eigenvalue weighted by molar-refractivity contribution is -0.157. The van der Waals surface area contributed by atoms with E-state index in [2.05, 4.69) is 4.37 Å². The number of pyridine rings is 1. The maximum Gasteiger partial charge on any atom is 0.271 e. The second kappa shape index (κ2) is 8.54. The third kappa shape index (κ3) is 3.82. The van der Waals surface area contributed by atoms with Crippen LogP contribution in [0.15, 0.2) is 15.7 Å². The van der Waals surface area contributed by atoms with Crippen LogP contribution in [0, 0.1) is 11.7 Å². The summed E-state index contributed by atoms with van der Waals surface area (Å²) in [7, 11) is 2.27. The fourth-order valence-corrected chi connectivity index (χ4v) is 5.78. The van der Waals surface area contributed by atoms with Gasteiger partial charge in [-0.1, -0.05) is 0 Å². The molecule has 0 spiro atoms. The monoisotopic (exact) mass is 512 g/mol. The Morgan fingerprint density at radius 3 is 2.43 bits per heavy atom. The van der Waals surface area contributed by atoms with E-state index in [-0.39, 0.29) is 34.5 Å². The molecular weight excluding hydrogens is 483 g/mol. The van der Waals surface area contributed by atoms with Gasteiger partial charge in [0.1, 0.15) is 22.1 Å². The summed E-state index contributed by atoms with van der Waals surface area (Å²) < 4.78 is 25.5. The summed E-state index contributed by atoms with van der Waals surface area (Å²) in [5.41, 5.74) is 3.76. The lowest BCUT2D eigenvalue weighted by atomic mass is 9.86. The van der Waals surface area contributed by atoms with Gasteiger partial charge < -0.3 is 35.5 Å². The van der Waals surface area contributed by atoms with E-state index in [1.165, 1.54) is 7.11 Å². The molecule has 1 aliphatic carbocycles. The minimum Gasteiger partial charge on any atom is -0.492 e. The fraction of sp³-hybridized carbons (Fsp3) is 0.545.